The van der Waals surface area contributed by atoms with Gasteiger partial charge in [-0.15, -0.1) is 0 Å². The molecule has 0 saturated carbocycles. The Labute approximate surface area is 215 Å². The van der Waals surface area contributed by atoms with Crippen LogP contribution in [-0.2, 0) is 11.3 Å². The van der Waals surface area contributed by atoms with Gasteiger partial charge in [-0.1, -0.05) is 36.2 Å². The molecular weight excluding hydrogens is 483 g/mol. The molecule has 0 saturated heterocycles. The average molecular weight is 513 g/mol. The van der Waals surface area contributed by atoms with Crippen LogP contribution in [0.5, 0.6) is 5.75 Å². The average Bonchev–Trinajstić information content (AvgIpc) is 2.86. The highest BCUT2D eigenvalue weighted by molar-refractivity contribution is 6.31. The first-order chi connectivity index (χ1) is 17.4. The zero-order valence-corrected chi connectivity index (χ0v) is 20.7. The second-order valence-corrected chi connectivity index (χ2v) is 8.72. The summed E-state index contributed by atoms with van der Waals surface area (Å²) in [5, 5.41) is 3.59. The number of carbonyl (C=O) groups is 2. The van der Waals surface area contributed by atoms with E-state index >= 15 is 0 Å². The molecule has 2 amide bonds. The number of anilines is 1. The maximum Gasteiger partial charge on any atom is 0.254 e. The molecule has 0 fully saturated rings. The van der Waals surface area contributed by atoms with Gasteiger partial charge in [0.2, 0.25) is 5.91 Å². The van der Waals surface area contributed by atoms with E-state index in [0.717, 1.165) is 12.1 Å². The Morgan fingerprint density at radius 1 is 1.06 bits per heavy atom. The lowest BCUT2D eigenvalue weighted by molar-refractivity contribution is -0.118. The van der Waals surface area contributed by atoms with E-state index in [1.807, 2.05) is 12.1 Å². The van der Waals surface area contributed by atoms with Gasteiger partial charge >= 0.3 is 0 Å². The number of hydrogen-bond donors (Lipinski definition) is 2. The lowest BCUT2D eigenvalue weighted by Crippen LogP contribution is -2.32. The van der Waals surface area contributed by atoms with Crippen molar-refractivity contribution in [3.63, 3.8) is 0 Å². The first-order valence-electron chi connectivity index (χ1n) is 11.8. The van der Waals surface area contributed by atoms with Crippen molar-refractivity contribution in [1.29, 1.82) is 0 Å². The van der Waals surface area contributed by atoms with Gasteiger partial charge in [0.15, 0.2) is 0 Å². The summed E-state index contributed by atoms with van der Waals surface area (Å²) < 4.78 is 20.1. The van der Waals surface area contributed by atoms with Crippen LogP contribution in [0, 0.1) is 5.82 Å². The molecule has 2 aromatic carbocycles. The fourth-order valence-corrected chi connectivity index (χ4v) is 3.87. The summed E-state index contributed by atoms with van der Waals surface area (Å²) in [4.78, 5) is 30.0. The van der Waals surface area contributed by atoms with Gasteiger partial charge in [0.05, 0.1) is 0 Å². The number of nitrogens with one attached hydrogen (secondary N) is 1. The molecule has 9 heteroatoms. The molecule has 0 spiro atoms. The minimum absolute atomic E-state index is 0.111. The molecule has 3 rings (SSSR count). The Morgan fingerprint density at radius 2 is 1.83 bits per heavy atom. The summed E-state index contributed by atoms with van der Waals surface area (Å²) in [7, 11) is 0. The van der Waals surface area contributed by atoms with Crippen LogP contribution in [0.15, 0.2) is 67.0 Å². The van der Waals surface area contributed by atoms with Gasteiger partial charge in [-0.25, -0.2) is 4.39 Å². The van der Waals surface area contributed by atoms with E-state index < -0.39 is 0 Å². The minimum Gasteiger partial charge on any atom is -0.492 e. The van der Waals surface area contributed by atoms with Crippen molar-refractivity contribution in [2.24, 2.45) is 5.73 Å². The van der Waals surface area contributed by atoms with Crippen molar-refractivity contribution in [1.82, 2.24) is 9.88 Å². The largest absolute Gasteiger partial charge is 0.492 e. The highest BCUT2D eigenvalue weighted by Gasteiger charge is 2.19. The topological polar surface area (TPSA) is 97.6 Å². The zero-order chi connectivity index (χ0) is 25.8. The molecule has 0 radical (unpaired) electrons. The quantitative estimate of drug-likeness (QED) is 0.294. The maximum atomic E-state index is 14.3. The molecule has 0 unspecified atom stereocenters. The number of unbranched alkanes of at least 4 members (excludes halogenated alkanes) is 2. The highest BCUT2D eigenvalue weighted by Crippen LogP contribution is 2.23. The van der Waals surface area contributed by atoms with Gasteiger partial charge in [0.1, 0.15) is 18.2 Å². The Balaban J connectivity index is 1.66. The Kier molecular flexibility index (Phi) is 10.5. The Bertz CT molecular complexity index is 1150. The van der Waals surface area contributed by atoms with Crippen LogP contribution in [0.25, 0.3) is 0 Å². The SMILES string of the molecule is NC(=O)CCCCCN(Cc1ccccc1F)C(=O)c1cc(Cl)cc(OCCNc2ccncc2)c1. The van der Waals surface area contributed by atoms with Gasteiger partial charge in [0.25, 0.3) is 5.91 Å². The molecule has 0 atom stereocenters. The van der Waals surface area contributed by atoms with Gasteiger partial charge in [0, 0.05) is 60.3 Å². The van der Waals surface area contributed by atoms with Crippen molar-refractivity contribution < 1.29 is 18.7 Å². The van der Waals surface area contributed by atoms with Gasteiger partial charge in [-0.2, -0.15) is 0 Å². The third-order valence-corrected chi connectivity index (χ3v) is 5.67. The number of nitrogens with two attached hydrogens (primary N) is 1. The fraction of sp³-hybridized carbons (Fsp3) is 0.296. The zero-order valence-electron chi connectivity index (χ0n) is 20.0. The van der Waals surface area contributed by atoms with Gasteiger partial charge < -0.3 is 20.7 Å². The molecule has 0 aliphatic carbocycles. The molecule has 3 aromatic rings. The summed E-state index contributed by atoms with van der Waals surface area (Å²) in [6, 6.07) is 15.0. The number of rotatable bonds is 14. The van der Waals surface area contributed by atoms with Crippen LogP contribution < -0.4 is 15.8 Å². The maximum absolute atomic E-state index is 14.3. The first-order valence-corrected chi connectivity index (χ1v) is 12.2. The van der Waals surface area contributed by atoms with Crippen LogP contribution in [0.3, 0.4) is 0 Å². The lowest BCUT2D eigenvalue weighted by atomic mass is 10.1. The number of ether oxygens (including phenoxy) is 1. The van der Waals surface area contributed by atoms with Crippen molar-refractivity contribution in [3.8, 4) is 5.75 Å². The lowest BCUT2D eigenvalue weighted by Gasteiger charge is -2.24. The Hall–Kier alpha value is -3.65. The molecule has 7 nitrogen and oxygen atoms in total. The van der Waals surface area contributed by atoms with Crippen LogP contribution in [0.4, 0.5) is 10.1 Å². The number of nitrogens with zero attached hydrogens (tertiary/aromatic N) is 2. The predicted octanol–water partition coefficient (Wildman–Crippen LogP) is 5.05. The smallest absolute Gasteiger partial charge is 0.254 e. The fourth-order valence-electron chi connectivity index (χ4n) is 3.65. The summed E-state index contributed by atoms with van der Waals surface area (Å²) in [6.07, 6.45) is 5.70. The number of aromatic nitrogens is 1. The molecule has 36 heavy (non-hydrogen) atoms. The number of halogens is 2. The molecule has 0 aliphatic rings. The van der Waals surface area contributed by atoms with Gasteiger partial charge in [-0.3, -0.25) is 14.6 Å². The number of primary amides is 1. The summed E-state index contributed by atoms with van der Waals surface area (Å²) >= 11 is 6.29. The molecular formula is C27H30ClFN4O3. The molecule has 190 valence electrons. The number of amides is 2. The number of benzene rings is 2. The van der Waals surface area contributed by atoms with E-state index in [-0.39, 0.29) is 24.2 Å². The molecule has 0 aliphatic heterocycles. The van der Waals surface area contributed by atoms with E-state index in [0.29, 0.717) is 60.9 Å². The normalized spacial score (nSPS) is 10.6. The van der Waals surface area contributed by atoms with Crippen LogP contribution in [0.2, 0.25) is 5.02 Å². The first kappa shape index (κ1) is 26.9. The standard InChI is InChI=1S/C27H30ClFN4O3/c28-22-16-21(17-24(18-22)36-15-13-32-23-9-11-31-12-10-23)27(35)33(14-5-1-2-8-26(30)34)19-20-6-3-4-7-25(20)29/h3-4,6-7,9-12,16-18H,1-2,5,8,13-15,19H2,(H2,30,34)(H,31,32). The van der Waals surface area contributed by atoms with E-state index in [1.165, 1.54) is 6.07 Å². The molecule has 1 aromatic heterocycles. The van der Waals surface area contributed by atoms with E-state index in [1.54, 1.807) is 53.7 Å². The van der Waals surface area contributed by atoms with Gasteiger partial charge in [-0.05, 0) is 49.2 Å². The number of hydrogen-bond acceptors (Lipinski definition) is 5. The molecule has 0 bridgehead atoms. The van der Waals surface area contributed by atoms with Crippen LogP contribution in [0.1, 0.15) is 41.6 Å². The third-order valence-electron chi connectivity index (χ3n) is 5.46. The van der Waals surface area contributed by atoms with Crippen molar-refractivity contribution in [2.45, 2.75) is 32.2 Å². The number of pyridine rings is 1. The Morgan fingerprint density at radius 3 is 2.58 bits per heavy atom. The highest BCUT2D eigenvalue weighted by atomic mass is 35.5. The minimum atomic E-state index is -0.374. The summed E-state index contributed by atoms with van der Waals surface area (Å²) in [5.74, 6) is -0.539. The second-order valence-electron chi connectivity index (χ2n) is 8.28. The molecule has 3 N–H and O–H groups in total. The number of carbonyl (C=O) groups excluding carboxylic acids is 2. The van der Waals surface area contributed by atoms with E-state index in [4.69, 9.17) is 22.1 Å². The van der Waals surface area contributed by atoms with Crippen LogP contribution >= 0.6 is 11.6 Å². The van der Waals surface area contributed by atoms with Crippen molar-refractivity contribution in [2.75, 3.05) is 25.0 Å². The van der Waals surface area contributed by atoms with E-state index in [2.05, 4.69) is 10.3 Å². The van der Waals surface area contributed by atoms with Crippen molar-refractivity contribution in [3.05, 3.63) is 89.0 Å². The monoisotopic (exact) mass is 512 g/mol. The van der Waals surface area contributed by atoms with E-state index in [9.17, 15) is 14.0 Å². The van der Waals surface area contributed by atoms with Crippen molar-refractivity contribution >= 4 is 29.1 Å². The molecule has 1 heterocycles. The summed E-state index contributed by atoms with van der Waals surface area (Å²) in [5.41, 5.74) is 6.90. The van der Waals surface area contributed by atoms with Crippen LogP contribution in [-0.4, -0.2) is 41.4 Å². The summed E-state index contributed by atoms with van der Waals surface area (Å²) in [6.45, 7) is 1.41. The predicted molar refractivity (Wildman–Crippen MR) is 138 cm³/mol. The third kappa shape index (κ3) is 8.85. The second kappa shape index (κ2) is 14.0.